The Morgan fingerprint density at radius 1 is 0.955 bits per heavy atom. The van der Waals surface area contributed by atoms with E-state index in [0.717, 1.165) is 20.8 Å². The molecule has 0 bridgehead atoms. The van der Waals surface area contributed by atoms with E-state index in [1.807, 2.05) is 61.5 Å². The average Bonchev–Trinajstić information content (AvgIpc) is 2.53. The van der Waals surface area contributed by atoms with Gasteiger partial charge in [-0.05, 0) is 35.4 Å². The van der Waals surface area contributed by atoms with E-state index in [9.17, 15) is 4.79 Å². The van der Waals surface area contributed by atoms with Crippen LogP contribution in [0.3, 0.4) is 0 Å². The first kappa shape index (κ1) is 14.8. The minimum atomic E-state index is -0.0291. The predicted molar refractivity (Wildman–Crippen MR) is 92.8 cm³/mol. The first-order valence-corrected chi connectivity index (χ1v) is 7.78. The molecule has 0 saturated heterocycles. The van der Waals surface area contributed by atoms with Crippen LogP contribution in [0.25, 0.3) is 10.8 Å². The van der Waals surface area contributed by atoms with E-state index >= 15 is 0 Å². The molecule has 3 rings (SSSR count). The molecule has 0 saturated carbocycles. The van der Waals surface area contributed by atoms with Crippen molar-refractivity contribution in [3.05, 3.63) is 75.8 Å². The van der Waals surface area contributed by atoms with Gasteiger partial charge in [0.25, 0.3) is 0 Å². The summed E-state index contributed by atoms with van der Waals surface area (Å²) in [6, 6.07) is 17.5. The lowest BCUT2D eigenvalue weighted by Crippen LogP contribution is -2.08. The van der Waals surface area contributed by atoms with Crippen molar-refractivity contribution in [1.82, 2.24) is 0 Å². The summed E-state index contributed by atoms with van der Waals surface area (Å²) < 4.78 is 6.18. The highest BCUT2D eigenvalue weighted by molar-refractivity contribution is 9.10. The summed E-state index contributed by atoms with van der Waals surface area (Å²) in [5.74, 6) is 0.573. The number of hydrogen-bond acceptors (Lipinski definition) is 2. The van der Waals surface area contributed by atoms with Crippen molar-refractivity contribution >= 4 is 32.5 Å². The SMILES string of the molecule is COc1cccc(C)c1C(=O)c1c(Br)ccc2ccccc12. The average molecular weight is 355 g/mol. The molecule has 3 heteroatoms. The Hall–Kier alpha value is -2.13. The van der Waals surface area contributed by atoms with Crippen LogP contribution in [-0.2, 0) is 0 Å². The van der Waals surface area contributed by atoms with Gasteiger partial charge in [0, 0.05) is 10.0 Å². The van der Waals surface area contributed by atoms with E-state index in [2.05, 4.69) is 15.9 Å². The minimum Gasteiger partial charge on any atom is -0.496 e. The molecule has 110 valence electrons. The van der Waals surface area contributed by atoms with Crippen molar-refractivity contribution in [1.29, 1.82) is 0 Å². The van der Waals surface area contributed by atoms with E-state index in [-0.39, 0.29) is 5.78 Å². The quantitative estimate of drug-likeness (QED) is 0.608. The van der Waals surface area contributed by atoms with Crippen LogP contribution in [0.4, 0.5) is 0 Å². The molecule has 22 heavy (non-hydrogen) atoms. The highest BCUT2D eigenvalue weighted by Gasteiger charge is 2.21. The summed E-state index contributed by atoms with van der Waals surface area (Å²) in [6.07, 6.45) is 0. The summed E-state index contributed by atoms with van der Waals surface area (Å²) in [5, 5.41) is 1.98. The molecule has 0 spiro atoms. The third-order valence-corrected chi connectivity index (χ3v) is 4.45. The number of ketones is 1. The van der Waals surface area contributed by atoms with Gasteiger partial charge in [0.2, 0.25) is 0 Å². The molecule has 0 heterocycles. The van der Waals surface area contributed by atoms with Crippen LogP contribution in [0, 0.1) is 6.92 Å². The summed E-state index contributed by atoms with van der Waals surface area (Å²) in [7, 11) is 1.59. The summed E-state index contributed by atoms with van der Waals surface area (Å²) >= 11 is 3.52. The molecule has 0 aromatic heterocycles. The number of ether oxygens (including phenoxy) is 1. The zero-order valence-corrected chi connectivity index (χ0v) is 14.0. The Morgan fingerprint density at radius 3 is 2.50 bits per heavy atom. The predicted octanol–water partition coefficient (Wildman–Crippen LogP) is 5.15. The first-order chi connectivity index (χ1) is 10.6. The van der Waals surface area contributed by atoms with Crippen LogP contribution < -0.4 is 4.74 Å². The normalized spacial score (nSPS) is 10.7. The van der Waals surface area contributed by atoms with Gasteiger partial charge < -0.3 is 4.74 Å². The zero-order chi connectivity index (χ0) is 15.7. The maximum Gasteiger partial charge on any atom is 0.198 e. The molecule has 0 aliphatic carbocycles. The summed E-state index contributed by atoms with van der Waals surface area (Å²) in [4.78, 5) is 13.2. The molecular formula is C19H15BrO2. The second-order valence-corrected chi connectivity index (χ2v) is 5.98. The van der Waals surface area contributed by atoms with Gasteiger partial charge in [-0.25, -0.2) is 0 Å². The molecule has 2 nitrogen and oxygen atoms in total. The van der Waals surface area contributed by atoms with Crippen molar-refractivity contribution in [3.8, 4) is 5.75 Å². The first-order valence-electron chi connectivity index (χ1n) is 6.99. The highest BCUT2D eigenvalue weighted by atomic mass is 79.9. The lowest BCUT2D eigenvalue weighted by Gasteiger charge is -2.13. The van der Waals surface area contributed by atoms with Crippen molar-refractivity contribution < 1.29 is 9.53 Å². The lowest BCUT2D eigenvalue weighted by molar-refractivity contribution is 0.103. The van der Waals surface area contributed by atoms with Gasteiger partial charge in [0.15, 0.2) is 5.78 Å². The Bertz CT molecular complexity index is 868. The molecular weight excluding hydrogens is 340 g/mol. The second-order valence-electron chi connectivity index (χ2n) is 5.12. The van der Waals surface area contributed by atoms with Crippen molar-refractivity contribution in [2.24, 2.45) is 0 Å². The number of carbonyl (C=O) groups excluding carboxylic acids is 1. The van der Waals surface area contributed by atoms with Crippen molar-refractivity contribution in [2.75, 3.05) is 7.11 Å². The van der Waals surface area contributed by atoms with E-state index in [0.29, 0.717) is 16.9 Å². The van der Waals surface area contributed by atoms with E-state index in [4.69, 9.17) is 4.74 Å². The maximum atomic E-state index is 13.2. The van der Waals surface area contributed by atoms with Gasteiger partial charge in [-0.2, -0.15) is 0 Å². The van der Waals surface area contributed by atoms with Gasteiger partial charge in [0.1, 0.15) is 5.75 Å². The van der Waals surface area contributed by atoms with Gasteiger partial charge in [-0.3, -0.25) is 4.79 Å². The molecule has 3 aromatic rings. The number of methoxy groups -OCH3 is 1. The van der Waals surface area contributed by atoms with Gasteiger partial charge in [-0.1, -0.05) is 58.4 Å². The summed E-state index contributed by atoms with van der Waals surface area (Å²) in [6.45, 7) is 1.93. The molecule has 0 unspecified atom stereocenters. The van der Waals surface area contributed by atoms with Crippen LogP contribution >= 0.6 is 15.9 Å². The number of fused-ring (bicyclic) bond motifs is 1. The number of hydrogen-bond donors (Lipinski definition) is 0. The van der Waals surface area contributed by atoms with E-state index in [1.54, 1.807) is 7.11 Å². The molecule has 3 aromatic carbocycles. The Kier molecular flexibility index (Phi) is 3.99. The number of halogens is 1. The highest BCUT2D eigenvalue weighted by Crippen LogP contribution is 2.32. The fourth-order valence-electron chi connectivity index (χ4n) is 2.70. The van der Waals surface area contributed by atoms with Crippen LogP contribution in [0.5, 0.6) is 5.75 Å². The van der Waals surface area contributed by atoms with Crippen LogP contribution in [-0.4, -0.2) is 12.9 Å². The topological polar surface area (TPSA) is 26.3 Å². The molecule has 0 atom stereocenters. The van der Waals surface area contributed by atoms with Gasteiger partial charge in [-0.15, -0.1) is 0 Å². The zero-order valence-electron chi connectivity index (χ0n) is 12.4. The van der Waals surface area contributed by atoms with Crippen LogP contribution in [0.15, 0.2) is 59.1 Å². The molecule has 0 radical (unpaired) electrons. The lowest BCUT2D eigenvalue weighted by atomic mass is 9.94. The Morgan fingerprint density at radius 2 is 1.73 bits per heavy atom. The molecule has 0 N–H and O–H groups in total. The fraction of sp³-hybridized carbons (Fsp3) is 0.105. The monoisotopic (exact) mass is 354 g/mol. The van der Waals surface area contributed by atoms with Gasteiger partial charge in [0.05, 0.1) is 12.7 Å². The number of benzene rings is 3. The molecule has 0 aliphatic rings. The molecule has 0 amide bonds. The second kappa shape index (κ2) is 5.93. The van der Waals surface area contributed by atoms with Crippen LogP contribution in [0.2, 0.25) is 0 Å². The number of carbonyl (C=O) groups is 1. The summed E-state index contributed by atoms with van der Waals surface area (Å²) in [5.41, 5.74) is 2.19. The van der Waals surface area contributed by atoms with Crippen molar-refractivity contribution in [3.63, 3.8) is 0 Å². The standard InChI is InChI=1S/C19H15BrO2/c1-12-6-5-9-16(22-2)17(12)19(21)18-14-8-4-3-7-13(14)10-11-15(18)20/h3-11H,1-2H3. The number of aryl methyl sites for hydroxylation is 1. The van der Waals surface area contributed by atoms with E-state index in [1.165, 1.54) is 0 Å². The van der Waals surface area contributed by atoms with Crippen LogP contribution in [0.1, 0.15) is 21.5 Å². The number of rotatable bonds is 3. The van der Waals surface area contributed by atoms with Gasteiger partial charge >= 0.3 is 0 Å². The Balaban J connectivity index is 2.29. The Labute approximate surface area is 137 Å². The smallest absolute Gasteiger partial charge is 0.198 e. The van der Waals surface area contributed by atoms with E-state index < -0.39 is 0 Å². The van der Waals surface area contributed by atoms with Crippen molar-refractivity contribution in [2.45, 2.75) is 6.92 Å². The third kappa shape index (κ3) is 2.42. The largest absolute Gasteiger partial charge is 0.496 e. The molecule has 0 fully saturated rings. The third-order valence-electron chi connectivity index (χ3n) is 3.79. The minimum absolute atomic E-state index is 0.0291. The molecule has 0 aliphatic heterocycles. The maximum absolute atomic E-state index is 13.2. The fourth-order valence-corrected chi connectivity index (χ4v) is 3.23.